The second-order valence-corrected chi connectivity index (χ2v) is 7.14. The van der Waals surface area contributed by atoms with E-state index in [1.807, 2.05) is 41.8 Å². The Bertz CT molecular complexity index is 699. The molecular formula is C19H28N4O4. The third kappa shape index (κ3) is 6.65. The lowest BCUT2D eigenvalue weighted by Gasteiger charge is -2.35. The number of aryl methyl sites for hydroxylation is 2. The number of hydrogen-bond acceptors (Lipinski definition) is 5. The maximum absolute atomic E-state index is 12.1. The first-order chi connectivity index (χ1) is 12.7. The first kappa shape index (κ1) is 20.9. The van der Waals surface area contributed by atoms with E-state index < -0.39 is 12.0 Å². The van der Waals surface area contributed by atoms with E-state index in [1.54, 1.807) is 7.05 Å². The van der Waals surface area contributed by atoms with Crippen LogP contribution in [0, 0.1) is 13.8 Å². The van der Waals surface area contributed by atoms with Crippen molar-refractivity contribution in [2.75, 3.05) is 38.5 Å². The van der Waals surface area contributed by atoms with Crippen LogP contribution in [0.3, 0.4) is 0 Å². The minimum atomic E-state index is -0.839. The monoisotopic (exact) mass is 376 g/mol. The lowest BCUT2D eigenvalue weighted by Crippen LogP contribution is -2.48. The molecule has 8 heteroatoms. The number of rotatable bonds is 6. The topological polar surface area (TPSA) is 102 Å². The fraction of sp³-hybridized carbons (Fsp3) is 0.526. The Kier molecular flexibility index (Phi) is 7.32. The number of imide groups is 1. The highest BCUT2D eigenvalue weighted by molar-refractivity contribution is 6.02. The van der Waals surface area contributed by atoms with Gasteiger partial charge in [0.2, 0.25) is 5.91 Å². The molecule has 2 rings (SSSR count). The summed E-state index contributed by atoms with van der Waals surface area (Å²) in [5.41, 5.74) is 2.71. The number of urea groups is 1. The Morgan fingerprint density at radius 3 is 2.48 bits per heavy atom. The number of aliphatic carboxylic acids is 1. The number of likely N-dealkylation sites (tertiary alicyclic amines) is 1. The van der Waals surface area contributed by atoms with Crippen molar-refractivity contribution in [3.8, 4) is 0 Å². The zero-order valence-corrected chi connectivity index (χ0v) is 16.1. The highest BCUT2D eigenvalue weighted by atomic mass is 16.4. The lowest BCUT2D eigenvalue weighted by molar-refractivity contribution is -0.138. The smallest absolute Gasteiger partial charge is 0.325 e. The van der Waals surface area contributed by atoms with Crippen LogP contribution in [0.15, 0.2) is 18.2 Å². The molecule has 0 saturated carbocycles. The number of piperidine rings is 1. The number of amides is 3. The van der Waals surface area contributed by atoms with E-state index in [9.17, 15) is 14.4 Å². The van der Waals surface area contributed by atoms with Gasteiger partial charge in [0.1, 0.15) is 0 Å². The van der Waals surface area contributed by atoms with Gasteiger partial charge in [-0.3, -0.25) is 24.7 Å². The van der Waals surface area contributed by atoms with Gasteiger partial charge in [-0.15, -0.1) is 0 Å². The molecule has 0 aromatic heterocycles. The number of anilines is 1. The number of benzene rings is 1. The molecule has 3 N–H and O–H groups in total. The Morgan fingerprint density at radius 2 is 1.89 bits per heavy atom. The van der Waals surface area contributed by atoms with Gasteiger partial charge >= 0.3 is 12.0 Å². The van der Waals surface area contributed by atoms with Gasteiger partial charge in [-0.1, -0.05) is 17.7 Å². The standard InChI is InChI=1S/C19H28N4O4/c1-13-4-5-16(14(2)10-13)20-19(27)21-17(24)11-23-8-6-15(7-9-23)22(3)12-18(25)26/h4-5,10,15H,6-9,11-12H2,1-3H3,(H,25,26)(H2,20,21,24,27). The number of carboxylic acids is 1. The number of carbonyl (C=O) groups is 3. The van der Waals surface area contributed by atoms with Crippen LogP contribution in [0.4, 0.5) is 10.5 Å². The summed E-state index contributed by atoms with van der Waals surface area (Å²) in [5.74, 6) is -1.19. The average Bonchev–Trinajstić information content (AvgIpc) is 2.57. The molecule has 0 radical (unpaired) electrons. The SMILES string of the molecule is Cc1ccc(NC(=O)NC(=O)CN2CCC(N(C)CC(=O)O)CC2)c(C)c1. The Balaban J connectivity index is 1.74. The van der Waals surface area contributed by atoms with Crippen LogP contribution in [0.25, 0.3) is 0 Å². The summed E-state index contributed by atoms with van der Waals surface area (Å²) < 4.78 is 0. The summed E-state index contributed by atoms with van der Waals surface area (Å²) in [4.78, 5) is 38.7. The number of nitrogens with one attached hydrogen (secondary N) is 2. The van der Waals surface area contributed by atoms with Crippen LogP contribution < -0.4 is 10.6 Å². The number of carbonyl (C=O) groups excluding carboxylic acids is 2. The number of likely N-dealkylation sites (N-methyl/N-ethyl adjacent to an activating group) is 1. The van der Waals surface area contributed by atoms with Crippen LogP contribution in [0.2, 0.25) is 0 Å². The largest absolute Gasteiger partial charge is 0.480 e. The van der Waals surface area contributed by atoms with Crippen LogP contribution in [0.5, 0.6) is 0 Å². The molecule has 1 aromatic carbocycles. The van der Waals surface area contributed by atoms with Gasteiger partial charge in [0.05, 0.1) is 13.1 Å². The molecular weight excluding hydrogens is 348 g/mol. The summed E-state index contributed by atoms with van der Waals surface area (Å²) in [6, 6.07) is 5.34. The average molecular weight is 376 g/mol. The Labute approximate surface area is 159 Å². The van der Waals surface area contributed by atoms with E-state index in [-0.39, 0.29) is 25.0 Å². The molecule has 1 heterocycles. The zero-order chi connectivity index (χ0) is 20.0. The Hall–Kier alpha value is -2.45. The van der Waals surface area contributed by atoms with Crippen molar-refractivity contribution in [2.45, 2.75) is 32.7 Å². The zero-order valence-electron chi connectivity index (χ0n) is 16.1. The van der Waals surface area contributed by atoms with Crippen LogP contribution in [-0.4, -0.2) is 72.1 Å². The fourth-order valence-electron chi connectivity index (χ4n) is 3.34. The van der Waals surface area contributed by atoms with Crippen molar-refractivity contribution < 1.29 is 19.5 Å². The Morgan fingerprint density at radius 1 is 1.22 bits per heavy atom. The second-order valence-electron chi connectivity index (χ2n) is 7.14. The van der Waals surface area contributed by atoms with Crippen LogP contribution in [-0.2, 0) is 9.59 Å². The second kappa shape index (κ2) is 9.48. The maximum atomic E-state index is 12.1. The first-order valence-corrected chi connectivity index (χ1v) is 9.07. The predicted octanol–water partition coefficient (Wildman–Crippen LogP) is 1.43. The van der Waals surface area contributed by atoms with E-state index >= 15 is 0 Å². The van der Waals surface area contributed by atoms with Crippen molar-refractivity contribution in [1.82, 2.24) is 15.1 Å². The molecule has 0 atom stereocenters. The molecule has 0 spiro atoms. The molecule has 8 nitrogen and oxygen atoms in total. The summed E-state index contributed by atoms with van der Waals surface area (Å²) in [6.45, 7) is 5.43. The molecule has 1 aliphatic heterocycles. The van der Waals surface area contributed by atoms with Gasteiger partial charge in [0.15, 0.2) is 0 Å². The summed E-state index contributed by atoms with van der Waals surface area (Å²) >= 11 is 0. The van der Waals surface area contributed by atoms with Gasteiger partial charge in [-0.2, -0.15) is 0 Å². The molecule has 1 fully saturated rings. The highest BCUT2D eigenvalue weighted by Gasteiger charge is 2.25. The molecule has 1 saturated heterocycles. The van der Waals surface area contributed by atoms with Gasteiger partial charge < -0.3 is 10.4 Å². The van der Waals surface area contributed by atoms with Crippen molar-refractivity contribution in [3.63, 3.8) is 0 Å². The van der Waals surface area contributed by atoms with E-state index in [0.29, 0.717) is 18.8 Å². The summed E-state index contributed by atoms with van der Waals surface area (Å²) in [6.07, 6.45) is 1.59. The molecule has 0 unspecified atom stereocenters. The van der Waals surface area contributed by atoms with Gasteiger partial charge in [0.25, 0.3) is 0 Å². The molecule has 3 amide bonds. The lowest BCUT2D eigenvalue weighted by atomic mass is 10.0. The van der Waals surface area contributed by atoms with Crippen LogP contribution >= 0.6 is 0 Å². The quantitative estimate of drug-likeness (QED) is 0.694. The van der Waals surface area contributed by atoms with E-state index in [2.05, 4.69) is 10.6 Å². The minimum Gasteiger partial charge on any atom is -0.480 e. The molecule has 0 aliphatic carbocycles. The first-order valence-electron chi connectivity index (χ1n) is 9.07. The number of nitrogens with zero attached hydrogens (tertiary/aromatic N) is 2. The van der Waals surface area contributed by atoms with Gasteiger partial charge in [0, 0.05) is 24.8 Å². The van der Waals surface area contributed by atoms with Crippen molar-refractivity contribution >= 4 is 23.6 Å². The van der Waals surface area contributed by atoms with Crippen molar-refractivity contribution in [1.29, 1.82) is 0 Å². The normalized spacial score (nSPS) is 15.6. The summed E-state index contributed by atoms with van der Waals surface area (Å²) in [7, 11) is 1.80. The van der Waals surface area contributed by atoms with E-state index in [0.717, 1.165) is 24.0 Å². The predicted molar refractivity (Wildman–Crippen MR) is 103 cm³/mol. The fourth-order valence-corrected chi connectivity index (χ4v) is 3.34. The third-order valence-electron chi connectivity index (χ3n) is 4.82. The minimum absolute atomic E-state index is 0.0176. The molecule has 0 bridgehead atoms. The molecule has 148 valence electrons. The van der Waals surface area contributed by atoms with Crippen LogP contribution in [0.1, 0.15) is 24.0 Å². The number of carboxylic acid groups (broad SMARTS) is 1. The molecule has 1 aromatic rings. The summed E-state index contributed by atoms with van der Waals surface area (Å²) in [5, 5.41) is 13.9. The molecule has 27 heavy (non-hydrogen) atoms. The highest BCUT2D eigenvalue weighted by Crippen LogP contribution is 2.16. The number of hydrogen-bond donors (Lipinski definition) is 3. The van der Waals surface area contributed by atoms with E-state index in [4.69, 9.17) is 5.11 Å². The van der Waals surface area contributed by atoms with Gasteiger partial charge in [-0.05, 0) is 45.4 Å². The van der Waals surface area contributed by atoms with Crippen molar-refractivity contribution in [3.05, 3.63) is 29.3 Å². The third-order valence-corrected chi connectivity index (χ3v) is 4.82. The van der Waals surface area contributed by atoms with E-state index in [1.165, 1.54) is 0 Å². The van der Waals surface area contributed by atoms with Gasteiger partial charge in [-0.25, -0.2) is 4.79 Å². The van der Waals surface area contributed by atoms with Crippen molar-refractivity contribution in [2.24, 2.45) is 0 Å². The molecule has 1 aliphatic rings. The maximum Gasteiger partial charge on any atom is 0.325 e.